The van der Waals surface area contributed by atoms with Crippen LogP contribution >= 0.6 is 0 Å². The SMILES string of the molecule is NC(=O)c1ccc(CN(CCc2c[nH]c3ccccc23)C2CCc3cc(C=CC(=O)NO)ccc32)cc1. The topological polar surface area (TPSA) is 111 Å². The van der Waals surface area contributed by atoms with Crippen molar-refractivity contribution < 1.29 is 14.8 Å². The van der Waals surface area contributed by atoms with Crippen LogP contribution < -0.4 is 11.2 Å². The molecule has 1 atom stereocenters. The highest BCUT2D eigenvalue weighted by Crippen LogP contribution is 2.37. The van der Waals surface area contributed by atoms with Crippen LogP contribution in [0.4, 0.5) is 0 Å². The second-order valence-electron chi connectivity index (χ2n) is 9.46. The van der Waals surface area contributed by atoms with E-state index in [9.17, 15) is 9.59 Å². The third-order valence-corrected chi connectivity index (χ3v) is 7.16. The minimum absolute atomic E-state index is 0.259. The van der Waals surface area contributed by atoms with E-state index in [0.717, 1.165) is 49.0 Å². The van der Waals surface area contributed by atoms with Gasteiger partial charge in [0.25, 0.3) is 5.91 Å². The van der Waals surface area contributed by atoms with Gasteiger partial charge >= 0.3 is 0 Å². The molecular weight excluding hydrogens is 464 g/mol. The Morgan fingerprint density at radius 3 is 2.70 bits per heavy atom. The van der Waals surface area contributed by atoms with Gasteiger partial charge in [0.15, 0.2) is 0 Å². The Morgan fingerprint density at radius 2 is 1.92 bits per heavy atom. The Labute approximate surface area is 215 Å². The number of carbonyl (C=O) groups excluding carboxylic acids is 2. The van der Waals surface area contributed by atoms with Crippen LogP contribution in [0.15, 0.2) is 79.0 Å². The molecule has 7 nitrogen and oxygen atoms in total. The normalized spacial score (nSPS) is 14.9. The van der Waals surface area contributed by atoms with Gasteiger partial charge in [0, 0.05) is 47.9 Å². The maximum absolute atomic E-state index is 11.5. The molecule has 0 saturated heterocycles. The Bertz CT molecular complexity index is 1460. The summed E-state index contributed by atoms with van der Waals surface area (Å²) in [6.07, 6.45) is 8.00. The predicted molar refractivity (Wildman–Crippen MR) is 144 cm³/mol. The van der Waals surface area contributed by atoms with Gasteiger partial charge in [0.2, 0.25) is 5.91 Å². The van der Waals surface area contributed by atoms with Gasteiger partial charge in [-0.25, -0.2) is 5.48 Å². The maximum atomic E-state index is 11.5. The summed E-state index contributed by atoms with van der Waals surface area (Å²) in [5, 5.41) is 9.98. The smallest absolute Gasteiger partial charge is 0.267 e. The van der Waals surface area contributed by atoms with Crippen molar-refractivity contribution in [3.8, 4) is 0 Å². The quantitative estimate of drug-likeness (QED) is 0.156. The molecule has 0 spiro atoms. The molecule has 0 fully saturated rings. The summed E-state index contributed by atoms with van der Waals surface area (Å²) in [5.74, 6) is -0.974. The minimum atomic E-state index is -0.552. The summed E-state index contributed by atoms with van der Waals surface area (Å²) in [6.45, 7) is 1.63. The van der Waals surface area contributed by atoms with Crippen LogP contribution in [0.5, 0.6) is 0 Å². The molecule has 1 unspecified atom stereocenters. The van der Waals surface area contributed by atoms with Crippen LogP contribution in [0.3, 0.4) is 0 Å². The second kappa shape index (κ2) is 10.8. The number of nitrogens with two attached hydrogens (primary N) is 1. The lowest BCUT2D eigenvalue weighted by Crippen LogP contribution is -2.29. The molecule has 7 heteroatoms. The second-order valence-corrected chi connectivity index (χ2v) is 9.46. The molecule has 4 aromatic rings. The number of nitrogens with one attached hydrogen (secondary N) is 2. The fourth-order valence-electron chi connectivity index (χ4n) is 5.26. The van der Waals surface area contributed by atoms with Crippen LogP contribution in [-0.2, 0) is 24.2 Å². The molecule has 2 amide bonds. The first-order valence-corrected chi connectivity index (χ1v) is 12.4. The third kappa shape index (κ3) is 5.48. The molecule has 37 heavy (non-hydrogen) atoms. The number of H-pyrrole nitrogens is 1. The van der Waals surface area contributed by atoms with Gasteiger partial charge in [0.05, 0.1) is 0 Å². The molecule has 0 saturated carbocycles. The zero-order valence-electron chi connectivity index (χ0n) is 20.5. The molecule has 188 valence electrons. The van der Waals surface area contributed by atoms with E-state index in [2.05, 4.69) is 46.4 Å². The lowest BCUT2D eigenvalue weighted by atomic mass is 10.0. The van der Waals surface area contributed by atoms with Gasteiger partial charge < -0.3 is 10.7 Å². The molecule has 0 aliphatic heterocycles. The monoisotopic (exact) mass is 494 g/mol. The number of aromatic amines is 1. The maximum Gasteiger partial charge on any atom is 0.267 e. The van der Waals surface area contributed by atoms with Crippen molar-refractivity contribution in [1.82, 2.24) is 15.4 Å². The minimum Gasteiger partial charge on any atom is -0.366 e. The van der Waals surface area contributed by atoms with Crippen molar-refractivity contribution >= 4 is 28.8 Å². The number of hydrogen-bond donors (Lipinski definition) is 4. The molecular formula is C30H30N4O3. The highest BCUT2D eigenvalue weighted by atomic mass is 16.5. The van der Waals surface area contributed by atoms with E-state index in [1.165, 1.54) is 28.2 Å². The average Bonchev–Trinajstić information content (AvgIpc) is 3.54. The standard InChI is InChI=1S/C30H30N4O3/c31-30(36)22-9-5-21(6-10-22)19-34(16-15-24-18-32-27-4-2-1-3-25(24)27)28-13-11-23-17-20(7-12-26(23)28)8-14-29(35)33-37/h1-10,12,14,17-18,28,32,37H,11,13,15-16,19H2,(H2,31,36)(H,33,35). The molecule has 3 aromatic carbocycles. The number of primary amides is 1. The Kier molecular flexibility index (Phi) is 7.16. The van der Waals surface area contributed by atoms with Crippen LogP contribution in [0.2, 0.25) is 0 Å². The van der Waals surface area contributed by atoms with E-state index in [1.807, 2.05) is 24.3 Å². The molecule has 0 bridgehead atoms. The van der Waals surface area contributed by atoms with Gasteiger partial charge in [-0.15, -0.1) is 0 Å². The predicted octanol–water partition coefficient (Wildman–Crippen LogP) is 4.52. The summed E-state index contributed by atoms with van der Waals surface area (Å²) in [4.78, 5) is 28.8. The van der Waals surface area contributed by atoms with E-state index in [0.29, 0.717) is 5.56 Å². The zero-order chi connectivity index (χ0) is 25.8. The molecule has 5 rings (SSSR count). The number of aryl methyl sites for hydroxylation is 1. The summed E-state index contributed by atoms with van der Waals surface area (Å²) in [6, 6.07) is 22.5. The first-order chi connectivity index (χ1) is 18.0. The number of hydroxylamine groups is 1. The third-order valence-electron chi connectivity index (χ3n) is 7.16. The summed E-state index contributed by atoms with van der Waals surface area (Å²) >= 11 is 0. The fourth-order valence-corrected chi connectivity index (χ4v) is 5.26. The number of nitrogens with zero attached hydrogens (tertiary/aromatic N) is 1. The largest absolute Gasteiger partial charge is 0.366 e. The number of hydrogen-bond acceptors (Lipinski definition) is 4. The number of amides is 2. The Balaban J connectivity index is 1.40. The van der Waals surface area contributed by atoms with Crippen molar-refractivity contribution in [2.45, 2.75) is 31.8 Å². The van der Waals surface area contributed by atoms with Crippen LogP contribution in [0, 0.1) is 0 Å². The molecule has 0 radical (unpaired) electrons. The molecule has 1 aromatic heterocycles. The lowest BCUT2D eigenvalue weighted by Gasteiger charge is -2.30. The van der Waals surface area contributed by atoms with Crippen LogP contribution in [0.1, 0.15) is 50.6 Å². The van der Waals surface area contributed by atoms with Crippen LogP contribution in [0.25, 0.3) is 17.0 Å². The fraction of sp³-hybridized carbons (Fsp3) is 0.200. The highest BCUT2D eigenvalue weighted by molar-refractivity contribution is 5.92. The molecule has 5 N–H and O–H groups in total. The molecule has 1 aliphatic rings. The number of carbonyl (C=O) groups is 2. The number of para-hydroxylation sites is 1. The van der Waals surface area contributed by atoms with Gasteiger partial charge in [-0.05, 0) is 71.4 Å². The number of benzene rings is 3. The van der Waals surface area contributed by atoms with E-state index in [1.54, 1.807) is 23.7 Å². The first kappa shape index (κ1) is 24.5. The Morgan fingerprint density at radius 1 is 1.11 bits per heavy atom. The van der Waals surface area contributed by atoms with Crippen molar-refractivity contribution in [2.75, 3.05) is 6.54 Å². The number of rotatable bonds is 9. The van der Waals surface area contributed by atoms with E-state index >= 15 is 0 Å². The summed E-state index contributed by atoms with van der Waals surface area (Å²) in [7, 11) is 0. The molecule has 1 heterocycles. The lowest BCUT2D eigenvalue weighted by molar-refractivity contribution is -0.124. The van der Waals surface area contributed by atoms with Crippen molar-refractivity contribution in [2.24, 2.45) is 5.73 Å². The van der Waals surface area contributed by atoms with Gasteiger partial charge in [0.1, 0.15) is 0 Å². The van der Waals surface area contributed by atoms with Crippen molar-refractivity contribution in [3.05, 3.63) is 112 Å². The zero-order valence-corrected chi connectivity index (χ0v) is 20.5. The van der Waals surface area contributed by atoms with E-state index in [-0.39, 0.29) is 6.04 Å². The summed E-state index contributed by atoms with van der Waals surface area (Å²) in [5.41, 5.74) is 14.6. The van der Waals surface area contributed by atoms with Gasteiger partial charge in [-0.1, -0.05) is 48.5 Å². The summed E-state index contributed by atoms with van der Waals surface area (Å²) < 4.78 is 0. The number of aromatic nitrogens is 1. The van der Waals surface area contributed by atoms with Crippen molar-refractivity contribution in [1.29, 1.82) is 0 Å². The molecule has 1 aliphatic carbocycles. The number of fused-ring (bicyclic) bond motifs is 2. The first-order valence-electron chi connectivity index (χ1n) is 12.4. The van der Waals surface area contributed by atoms with Gasteiger partial charge in [-0.2, -0.15) is 0 Å². The average molecular weight is 495 g/mol. The van der Waals surface area contributed by atoms with Crippen molar-refractivity contribution in [3.63, 3.8) is 0 Å². The highest BCUT2D eigenvalue weighted by Gasteiger charge is 2.28. The van der Waals surface area contributed by atoms with E-state index < -0.39 is 11.8 Å². The Hall–Kier alpha value is -4.20. The van der Waals surface area contributed by atoms with E-state index in [4.69, 9.17) is 10.9 Å². The van der Waals surface area contributed by atoms with Gasteiger partial charge in [-0.3, -0.25) is 19.7 Å². The van der Waals surface area contributed by atoms with Crippen LogP contribution in [-0.4, -0.2) is 33.5 Å².